The van der Waals surface area contributed by atoms with E-state index >= 15 is 0 Å². The van der Waals surface area contributed by atoms with Crippen LogP contribution < -0.4 is 10.2 Å². The molecule has 0 aliphatic heterocycles. The van der Waals surface area contributed by atoms with Crippen molar-refractivity contribution in [1.82, 2.24) is 5.43 Å². The van der Waals surface area contributed by atoms with Crippen molar-refractivity contribution in [3.05, 3.63) is 65.7 Å². The summed E-state index contributed by atoms with van der Waals surface area (Å²) in [4.78, 5) is 24.0. The Morgan fingerprint density at radius 3 is 2.35 bits per heavy atom. The first-order valence-electron chi connectivity index (χ1n) is 8.92. The average molecular weight is 350 g/mol. The van der Waals surface area contributed by atoms with E-state index in [4.69, 9.17) is 4.74 Å². The summed E-state index contributed by atoms with van der Waals surface area (Å²) >= 11 is 0. The van der Waals surface area contributed by atoms with Crippen molar-refractivity contribution in [1.29, 1.82) is 0 Å². The molecule has 1 fully saturated rings. The van der Waals surface area contributed by atoms with Crippen molar-refractivity contribution in [3.8, 4) is 5.75 Å². The van der Waals surface area contributed by atoms with Gasteiger partial charge in [0.2, 0.25) is 5.91 Å². The largest absolute Gasteiger partial charge is 0.423 e. The van der Waals surface area contributed by atoms with E-state index in [1.165, 1.54) is 6.42 Å². The number of carbonyl (C=O) groups excluding carboxylic acids is 2. The highest BCUT2D eigenvalue weighted by molar-refractivity contribution is 5.91. The lowest BCUT2D eigenvalue weighted by molar-refractivity contribution is -0.125. The summed E-state index contributed by atoms with van der Waals surface area (Å²) in [7, 11) is 0. The van der Waals surface area contributed by atoms with E-state index in [2.05, 4.69) is 10.5 Å². The summed E-state index contributed by atoms with van der Waals surface area (Å²) in [6.45, 7) is 0. The zero-order valence-corrected chi connectivity index (χ0v) is 14.6. The molecule has 26 heavy (non-hydrogen) atoms. The molecular weight excluding hydrogens is 328 g/mol. The fraction of sp³-hybridized carbons (Fsp3) is 0.286. The van der Waals surface area contributed by atoms with Crippen LogP contribution in [0.15, 0.2) is 59.7 Å². The van der Waals surface area contributed by atoms with Crippen molar-refractivity contribution in [2.24, 2.45) is 11.0 Å². The van der Waals surface area contributed by atoms with Crippen molar-refractivity contribution in [2.75, 3.05) is 0 Å². The standard InChI is InChI=1S/C21H22N2O3/c24-20(17-7-3-1-4-8-17)23-22-15-16-11-13-19(14-12-16)26-21(25)18-9-5-2-6-10-18/h2,5-6,9-15,17H,1,3-4,7-8H2,(H,23,24)/b22-15-. The van der Waals surface area contributed by atoms with E-state index in [1.807, 2.05) is 6.07 Å². The Balaban J connectivity index is 1.51. The Morgan fingerprint density at radius 1 is 0.962 bits per heavy atom. The van der Waals surface area contributed by atoms with Gasteiger partial charge in [-0.05, 0) is 54.8 Å². The van der Waals surface area contributed by atoms with Crippen LogP contribution in [0.5, 0.6) is 5.75 Å². The molecule has 0 radical (unpaired) electrons. The normalized spacial score (nSPS) is 14.9. The molecule has 0 unspecified atom stereocenters. The van der Waals surface area contributed by atoms with Crippen LogP contribution in [-0.2, 0) is 4.79 Å². The lowest BCUT2D eigenvalue weighted by atomic mass is 9.89. The molecule has 1 N–H and O–H groups in total. The average Bonchev–Trinajstić information content (AvgIpc) is 2.70. The summed E-state index contributed by atoms with van der Waals surface area (Å²) in [5.74, 6) is 0.143. The number of ether oxygens (including phenoxy) is 1. The second-order valence-electron chi connectivity index (χ2n) is 6.39. The lowest BCUT2D eigenvalue weighted by Crippen LogP contribution is -2.28. The summed E-state index contributed by atoms with van der Waals surface area (Å²) in [5, 5.41) is 4.02. The first-order valence-corrected chi connectivity index (χ1v) is 8.92. The van der Waals surface area contributed by atoms with E-state index in [0.717, 1.165) is 31.2 Å². The molecule has 1 amide bonds. The maximum Gasteiger partial charge on any atom is 0.343 e. The van der Waals surface area contributed by atoms with Gasteiger partial charge in [0.25, 0.3) is 0 Å². The number of amides is 1. The smallest absolute Gasteiger partial charge is 0.343 e. The number of nitrogens with one attached hydrogen (secondary N) is 1. The van der Waals surface area contributed by atoms with E-state index in [1.54, 1.807) is 54.7 Å². The Bertz CT molecular complexity index is 764. The minimum Gasteiger partial charge on any atom is -0.423 e. The van der Waals surface area contributed by atoms with Crippen molar-refractivity contribution >= 4 is 18.1 Å². The molecule has 5 heteroatoms. The maximum atomic E-state index is 12.0. The number of carbonyl (C=O) groups is 2. The number of esters is 1. The molecule has 2 aromatic rings. The number of hydrazone groups is 1. The number of rotatable bonds is 5. The first-order chi connectivity index (χ1) is 12.7. The second kappa shape index (κ2) is 8.94. The molecule has 0 saturated heterocycles. The Morgan fingerprint density at radius 2 is 1.65 bits per heavy atom. The van der Waals surface area contributed by atoms with Crippen LogP contribution in [0.3, 0.4) is 0 Å². The predicted octanol–water partition coefficient (Wildman–Crippen LogP) is 3.94. The Kier molecular flexibility index (Phi) is 6.14. The van der Waals surface area contributed by atoms with Crippen LogP contribution >= 0.6 is 0 Å². The number of hydrogen-bond acceptors (Lipinski definition) is 4. The van der Waals surface area contributed by atoms with Gasteiger partial charge in [-0.2, -0.15) is 5.10 Å². The monoisotopic (exact) mass is 350 g/mol. The minimum atomic E-state index is -0.397. The topological polar surface area (TPSA) is 67.8 Å². The highest BCUT2D eigenvalue weighted by Crippen LogP contribution is 2.23. The molecule has 134 valence electrons. The maximum absolute atomic E-state index is 12.0. The van der Waals surface area contributed by atoms with Crippen LogP contribution in [-0.4, -0.2) is 18.1 Å². The molecule has 5 nitrogen and oxygen atoms in total. The van der Waals surface area contributed by atoms with Gasteiger partial charge in [0.15, 0.2) is 0 Å². The zero-order chi connectivity index (χ0) is 18.2. The van der Waals surface area contributed by atoms with E-state index in [9.17, 15) is 9.59 Å². The first kappa shape index (κ1) is 17.9. The van der Waals surface area contributed by atoms with Crippen LogP contribution in [0.25, 0.3) is 0 Å². The van der Waals surface area contributed by atoms with Crippen LogP contribution in [0.2, 0.25) is 0 Å². The van der Waals surface area contributed by atoms with Crippen LogP contribution in [0, 0.1) is 5.92 Å². The third kappa shape index (κ3) is 5.02. The number of hydrogen-bond donors (Lipinski definition) is 1. The third-order valence-electron chi connectivity index (χ3n) is 4.46. The molecule has 0 heterocycles. The molecule has 1 saturated carbocycles. The highest BCUT2D eigenvalue weighted by Gasteiger charge is 2.20. The van der Waals surface area contributed by atoms with Crippen molar-refractivity contribution in [2.45, 2.75) is 32.1 Å². The van der Waals surface area contributed by atoms with Crippen LogP contribution in [0.1, 0.15) is 48.0 Å². The van der Waals surface area contributed by atoms with Gasteiger partial charge in [-0.15, -0.1) is 0 Å². The second-order valence-corrected chi connectivity index (χ2v) is 6.39. The van der Waals surface area contributed by atoms with E-state index in [0.29, 0.717) is 11.3 Å². The van der Waals surface area contributed by atoms with Crippen LogP contribution in [0.4, 0.5) is 0 Å². The van der Waals surface area contributed by atoms with Gasteiger partial charge < -0.3 is 4.74 Å². The van der Waals surface area contributed by atoms with Gasteiger partial charge in [-0.25, -0.2) is 10.2 Å². The van der Waals surface area contributed by atoms with E-state index in [-0.39, 0.29) is 11.8 Å². The molecule has 0 bridgehead atoms. The molecule has 0 aromatic heterocycles. The van der Waals surface area contributed by atoms with Gasteiger partial charge in [-0.1, -0.05) is 37.5 Å². The van der Waals surface area contributed by atoms with Gasteiger partial charge in [0, 0.05) is 5.92 Å². The Hall–Kier alpha value is -2.95. The SMILES string of the molecule is O=C(Oc1ccc(/C=N\NC(=O)C2CCCCC2)cc1)c1ccccc1. The third-order valence-corrected chi connectivity index (χ3v) is 4.46. The Labute approximate surface area is 153 Å². The quantitative estimate of drug-likeness (QED) is 0.384. The molecule has 2 aromatic carbocycles. The van der Waals surface area contributed by atoms with Gasteiger partial charge >= 0.3 is 5.97 Å². The van der Waals surface area contributed by atoms with E-state index < -0.39 is 5.97 Å². The molecular formula is C21H22N2O3. The van der Waals surface area contributed by atoms with Crippen molar-refractivity contribution in [3.63, 3.8) is 0 Å². The molecule has 0 spiro atoms. The summed E-state index contributed by atoms with van der Waals surface area (Å²) < 4.78 is 5.32. The number of benzene rings is 2. The molecule has 1 aliphatic rings. The van der Waals surface area contributed by atoms with Crippen molar-refractivity contribution < 1.29 is 14.3 Å². The summed E-state index contributed by atoms with van der Waals surface area (Å²) in [6, 6.07) is 15.8. The minimum absolute atomic E-state index is 0.00522. The lowest BCUT2D eigenvalue weighted by Gasteiger charge is -2.19. The predicted molar refractivity (Wildman–Crippen MR) is 100 cm³/mol. The van der Waals surface area contributed by atoms with Gasteiger partial charge in [0.05, 0.1) is 11.8 Å². The number of nitrogens with zero attached hydrogens (tertiary/aromatic N) is 1. The molecule has 3 rings (SSSR count). The fourth-order valence-corrected chi connectivity index (χ4v) is 2.99. The summed E-state index contributed by atoms with van der Waals surface area (Å²) in [6.07, 6.45) is 6.93. The summed E-state index contributed by atoms with van der Waals surface area (Å²) in [5.41, 5.74) is 3.93. The fourth-order valence-electron chi connectivity index (χ4n) is 2.99. The highest BCUT2D eigenvalue weighted by atomic mass is 16.5. The van der Waals surface area contributed by atoms with Gasteiger partial charge in [-0.3, -0.25) is 4.79 Å². The zero-order valence-electron chi connectivity index (χ0n) is 14.6. The molecule has 1 aliphatic carbocycles. The van der Waals surface area contributed by atoms with Gasteiger partial charge in [0.1, 0.15) is 5.75 Å². The molecule has 0 atom stereocenters.